The molecule has 3 rings (SSSR count). The van der Waals surface area contributed by atoms with E-state index >= 15 is 0 Å². The van der Waals surface area contributed by atoms with Crippen molar-refractivity contribution in [2.24, 2.45) is 0 Å². The number of hydrogen-bond donors (Lipinski definition) is 1. The zero-order valence-electron chi connectivity index (χ0n) is 15.3. The van der Waals surface area contributed by atoms with Crippen LogP contribution in [0.3, 0.4) is 0 Å². The molecular weight excluding hydrogens is 349 g/mol. The minimum atomic E-state index is -0.470. The van der Waals surface area contributed by atoms with Crippen LogP contribution in [0.4, 0.5) is 4.39 Å². The Balaban J connectivity index is 1.67. The van der Waals surface area contributed by atoms with Crippen molar-refractivity contribution in [2.45, 2.75) is 19.4 Å². The first-order valence-electron chi connectivity index (χ1n) is 8.82. The molecule has 0 fully saturated rings. The molecule has 1 N–H and O–H groups in total. The molecule has 27 heavy (non-hydrogen) atoms. The molecule has 1 aliphatic rings. The van der Waals surface area contributed by atoms with Crippen LogP contribution in [0, 0.1) is 5.82 Å². The van der Waals surface area contributed by atoms with Gasteiger partial charge in [0.05, 0.1) is 13.2 Å². The zero-order chi connectivity index (χ0) is 19.2. The lowest BCUT2D eigenvalue weighted by molar-refractivity contribution is -0.117. The molecule has 1 amide bonds. The number of benzene rings is 2. The Kier molecular flexibility index (Phi) is 5.96. The van der Waals surface area contributed by atoms with Gasteiger partial charge in [-0.3, -0.25) is 4.79 Å². The lowest BCUT2D eigenvalue weighted by Crippen LogP contribution is -2.26. The van der Waals surface area contributed by atoms with E-state index in [1.807, 2.05) is 25.1 Å². The standard InChI is InChI=1S/C21H22FNO4/c1-3-17(15-6-8-19-20(13-15)27-11-10-26-19)23-21(24)9-5-14-4-7-18(25-2)16(22)12-14/h4-9,12-13,17H,3,10-11H2,1-2H3,(H,23,24). The van der Waals surface area contributed by atoms with E-state index in [1.165, 1.54) is 25.3 Å². The summed E-state index contributed by atoms with van der Waals surface area (Å²) in [5, 5.41) is 2.96. The Morgan fingerprint density at radius 1 is 1.22 bits per heavy atom. The van der Waals surface area contributed by atoms with Gasteiger partial charge in [-0.05, 0) is 47.9 Å². The number of rotatable bonds is 6. The van der Waals surface area contributed by atoms with Crippen molar-refractivity contribution in [1.82, 2.24) is 5.32 Å². The molecule has 0 saturated carbocycles. The lowest BCUT2D eigenvalue weighted by atomic mass is 10.0. The van der Waals surface area contributed by atoms with E-state index in [0.717, 1.165) is 12.0 Å². The molecule has 142 valence electrons. The van der Waals surface area contributed by atoms with Crippen molar-refractivity contribution >= 4 is 12.0 Å². The van der Waals surface area contributed by atoms with Crippen LogP contribution in [0.5, 0.6) is 17.2 Å². The maximum absolute atomic E-state index is 13.7. The third-order valence-corrected chi connectivity index (χ3v) is 4.30. The summed E-state index contributed by atoms with van der Waals surface area (Å²) in [7, 11) is 1.41. The van der Waals surface area contributed by atoms with Gasteiger partial charge in [0.2, 0.25) is 5.91 Å². The fourth-order valence-electron chi connectivity index (χ4n) is 2.88. The van der Waals surface area contributed by atoms with Crippen LogP contribution in [0.15, 0.2) is 42.5 Å². The zero-order valence-corrected chi connectivity index (χ0v) is 15.3. The van der Waals surface area contributed by atoms with Crippen LogP contribution in [0.2, 0.25) is 0 Å². The van der Waals surface area contributed by atoms with Gasteiger partial charge >= 0.3 is 0 Å². The third-order valence-electron chi connectivity index (χ3n) is 4.30. The number of fused-ring (bicyclic) bond motifs is 1. The second-order valence-electron chi connectivity index (χ2n) is 6.10. The SMILES string of the molecule is CCC(NC(=O)C=Cc1ccc(OC)c(F)c1)c1ccc2c(c1)OCCO2. The van der Waals surface area contributed by atoms with Gasteiger partial charge in [0.25, 0.3) is 0 Å². The Bertz CT molecular complexity index is 850. The topological polar surface area (TPSA) is 56.8 Å². The van der Waals surface area contributed by atoms with E-state index in [9.17, 15) is 9.18 Å². The van der Waals surface area contributed by atoms with Crippen molar-refractivity contribution in [1.29, 1.82) is 0 Å². The van der Waals surface area contributed by atoms with E-state index in [2.05, 4.69) is 5.32 Å². The van der Waals surface area contributed by atoms with Gasteiger partial charge in [-0.1, -0.05) is 19.1 Å². The molecule has 5 nitrogen and oxygen atoms in total. The number of amides is 1. The Labute approximate surface area is 157 Å². The van der Waals surface area contributed by atoms with Crippen molar-refractivity contribution < 1.29 is 23.4 Å². The molecule has 0 radical (unpaired) electrons. The van der Waals surface area contributed by atoms with Gasteiger partial charge in [0, 0.05) is 6.08 Å². The summed E-state index contributed by atoms with van der Waals surface area (Å²) in [6.07, 6.45) is 3.67. The number of carbonyl (C=O) groups is 1. The predicted molar refractivity (Wildman–Crippen MR) is 101 cm³/mol. The summed E-state index contributed by atoms with van der Waals surface area (Å²) in [5.41, 5.74) is 1.52. The summed E-state index contributed by atoms with van der Waals surface area (Å²) in [6.45, 7) is 3.04. The van der Waals surface area contributed by atoms with E-state index in [-0.39, 0.29) is 17.7 Å². The Morgan fingerprint density at radius 2 is 2.00 bits per heavy atom. The van der Waals surface area contributed by atoms with Crippen molar-refractivity contribution in [3.05, 3.63) is 59.4 Å². The molecule has 2 aromatic rings. The number of hydrogen-bond acceptors (Lipinski definition) is 4. The molecule has 2 aromatic carbocycles. The van der Waals surface area contributed by atoms with E-state index in [1.54, 1.807) is 12.1 Å². The van der Waals surface area contributed by atoms with Crippen LogP contribution >= 0.6 is 0 Å². The smallest absolute Gasteiger partial charge is 0.244 e. The third kappa shape index (κ3) is 4.58. The van der Waals surface area contributed by atoms with Crippen molar-refractivity contribution in [2.75, 3.05) is 20.3 Å². The second kappa shape index (κ2) is 8.58. The second-order valence-corrected chi connectivity index (χ2v) is 6.10. The van der Waals surface area contributed by atoms with Crippen molar-refractivity contribution in [3.63, 3.8) is 0 Å². The quantitative estimate of drug-likeness (QED) is 0.783. The summed E-state index contributed by atoms with van der Waals surface area (Å²) < 4.78 is 29.7. The maximum Gasteiger partial charge on any atom is 0.244 e. The summed E-state index contributed by atoms with van der Waals surface area (Å²) in [5.74, 6) is 0.847. The van der Waals surface area contributed by atoms with Gasteiger partial charge in [-0.25, -0.2) is 4.39 Å². The summed E-state index contributed by atoms with van der Waals surface area (Å²) in [4.78, 5) is 12.3. The average Bonchev–Trinajstić information content (AvgIpc) is 2.70. The van der Waals surface area contributed by atoms with Crippen LogP contribution in [0.25, 0.3) is 6.08 Å². The number of nitrogens with one attached hydrogen (secondary N) is 1. The Hall–Kier alpha value is -3.02. The average molecular weight is 371 g/mol. The van der Waals surface area contributed by atoms with Gasteiger partial charge in [-0.15, -0.1) is 0 Å². The number of ether oxygens (including phenoxy) is 3. The van der Waals surface area contributed by atoms with Crippen LogP contribution in [-0.2, 0) is 4.79 Å². The molecule has 0 spiro atoms. The number of methoxy groups -OCH3 is 1. The first-order chi connectivity index (χ1) is 13.1. The highest BCUT2D eigenvalue weighted by molar-refractivity contribution is 5.92. The highest BCUT2D eigenvalue weighted by Gasteiger charge is 2.17. The van der Waals surface area contributed by atoms with E-state index in [4.69, 9.17) is 14.2 Å². The molecule has 0 saturated heterocycles. The summed E-state index contributed by atoms with van der Waals surface area (Å²) >= 11 is 0. The fraction of sp³-hybridized carbons (Fsp3) is 0.286. The normalized spacial score (nSPS) is 14.0. The molecule has 1 unspecified atom stereocenters. The monoisotopic (exact) mass is 371 g/mol. The molecule has 1 atom stereocenters. The molecule has 0 aliphatic carbocycles. The van der Waals surface area contributed by atoms with Gasteiger partial charge < -0.3 is 19.5 Å². The van der Waals surface area contributed by atoms with E-state index in [0.29, 0.717) is 30.3 Å². The maximum atomic E-state index is 13.7. The molecule has 0 bridgehead atoms. The van der Waals surface area contributed by atoms with Gasteiger partial charge in [0.15, 0.2) is 23.1 Å². The molecule has 6 heteroatoms. The number of carbonyl (C=O) groups excluding carboxylic acids is 1. The van der Waals surface area contributed by atoms with Gasteiger partial charge in [0.1, 0.15) is 13.2 Å². The first-order valence-corrected chi connectivity index (χ1v) is 8.82. The Morgan fingerprint density at radius 3 is 2.70 bits per heavy atom. The molecule has 1 heterocycles. The first kappa shape index (κ1) is 18.8. The predicted octanol–water partition coefficient (Wildman–Crippen LogP) is 3.89. The highest BCUT2D eigenvalue weighted by Crippen LogP contribution is 2.33. The van der Waals surface area contributed by atoms with E-state index < -0.39 is 5.82 Å². The van der Waals surface area contributed by atoms with Crippen LogP contribution in [-0.4, -0.2) is 26.2 Å². The fourth-order valence-corrected chi connectivity index (χ4v) is 2.88. The minimum absolute atomic E-state index is 0.161. The molecular formula is C21H22FNO4. The van der Waals surface area contributed by atoms with Crippen molar-refractivity contribution in [3.8, 4) is 17.2 Å². The highest BCUT2D eigenvalue weighted by atomic mass is 19.1. The van der Waals surface area contributed by atoms with Crippen LogP contribution in [0.1, 0.15) is 30.5 Å². The number of halogens is 1. The van der Waals surface area contributed by atoms with Gasteiger partial charge in [-0.2, -0.15) is 0 Å². The largest absolute Gasteiger partial charge is 0.494 e. The summed E-state index contributed by atoms with van der Waals surface area (Å²) in [6, 6.07) is 10.0. The lowest BCUT2D eigenvalue weighted by Gasteiger charge is -2.22. The molecule has 1 aliphatic heterocycles. The molecule has 0 aromatic heterocycles. The van der Waals surface area contributed by atoms with Crippen LogP contribution < -0.4 is 19.5 Å². The minimum Gasteiger partial charge on any atom is -0.494 e.